The number of ether oxygens (including phenoxy) is 2. The molecule has 1 aromatic carbocycles. The number of carbonyl (C=O) groups is 1. The van der Waals surface area contributed by atoms with Crippen molar-refractivity contribution in [2.45, 2.75) is 31.0 Å². The molecule has 0 spiro atoms. The summed E-state index contributed by atoms with van der Waals surface area (Å²) in [4.78, 5) is 16.7. The smallest absolute Gasteiger partial charge is 0.274 e. The fourth-order valence-electron chi connectivity index (χ4n) is 3.15. The van der Waals surface area contributed by atoms with Gasteiger partial charge in [-0.1, -0.05) is 12.0 Å². The highest BCUT2D eigenvalue weighted by Crippen LogP contribution is 2.26. The van der Waals surface area contributed by atoms with Crippen LogP contribution in [0.25, 0.3) is 0 Å². The lowest BCUT2D eigenvalue weighted by Gasteiger charge is -2.27. The SMILES string of the molecule is C#CCOc1ccc(C(=O)Nc2ccc3c(c2)CS(=O)(=O)C(C)(C)CNCNCOC3)nc1. The van der Waals surface area contributed by atoms with E-state index in [0.29, 0.717) is 36.9 Å². The zero-order chi connectivity index (χ0) is 23.9. The summed E-state index contributed by atoms with van der Waals surface area (Å²) in [5.41, 5.74) is 1.97. The topological polar surface area (TPSA) is 119 Å². The van der Waals surface area contributed by atoms with Gasteiger partial charge in [0.25, 0.3) is 5.91 Å². The van der Waals surface area contributed by atoms with E-state index < -0.39 is 20.5 Å². The monoisotopic (exact) mass is 472 g/mol. The Labute approximate surface area is 194 Å². The van der Waals surface area contributed by atoms with Gasteiger partial charge in [-0.25, -0.2) is 13.4 Å². The van der Waals surface area contributed by atoms with Gasteiger partial charge in [0.1, 0.15) is 18.1 Å². The van der Waals surface area contributed by atoms with Gasteiger partial charge in [0.15, 0.2) is 9.84 Å². The molecule has 0 aliphatic carbocycles. The first-order valence-electron chi connectivity index (χ1n) is 10.4. The average Bonchev–Trinajstić information content (AvgIpc) is 2.77. The fourth-order valence-corrected chi connectivity index (χ4v) is 4.54. The standard InChI is InChI=1S/C23H28N4O5S/c1-4-9-32-20-7-8-21(26-11-20)22(28)27-19-6-5-17-12-31-16-25-15-24-14-23(2,3)33(29,30)13-18(17)10-19/h1,5-8,10-11,24-25H,9,12-16H2,2-3H3,(H,27,28). The number of sulfone groups is 1. The second-order valence-corrected chi connectivity index (χ2v) is 10.8. The predicted molar refractivity (Wildman–Crippen MR) is 125 cm³/mol. The molecule has 9 nitrogen and oxygen atoms in total. The third kappa shape index (κ3) is 6.52. The normalized spacial score (nSPS) is 18.0. The van der Waals surface area contributed by atoms with Crippen molar-refractivity contribution in [1.29, 1.82) is 0 Å². The number of carbonyl (C=O) groups excluding carboxylic acids is 1. The molecule has 3 rings (SSSR count). The van der Waals surface area contributed by atoms with Crippen LogP contribution in [0.15, 0.2) is 36.5 Å². The van der Waals surface area contributed by atoms with Gasteiger partial charge >= 0.3 is 0 Å². The van der Waals surface area contributed by atoms with Crippen LogP contribution in [-0.4, -0.2) is 50.6 Å². The summed E-state index contributed by atoms with van der Waals surface area (Å²) >= 11 is 0. The molecule has 0 bridgehead atoms. The maximum Gasteiger partial charge on any atom is 0.274 e. The predicted octanol–water partition coefficient (Wildman–Crippen LogP) is 1.66. The molecule has 33 heavy (non-hydrogen) atoms. The van der Waals surface area contributed by atoms with Gasteiger partial charge in [-0.15, -0.1) is 6.42 Å². The third-order valence-electron chi connectivity index (χ3n) is 5.21. The van der Waals surface area contributed by atoms with E-state index in [-0.39, 0.29) is 24.7 Å². The summed E-state index contributed by atoms with van der Waals surface area (Å²) in [6.45, 7) is 4.82. The van der Waals surface area contributed by atoms with Crippen LogP contribution < -0.4 is 20.7 Å². The molecule has 3 N–H and O–H groups in total. The van der Waals surface area contributed by atoms with Crippen LogP contribution in [0.3, 0.4) is 0 Å². The minimum atomic E-state index is -3.51. The van der Waals surface area contributed by atoms with Gasteiger partial charge in [-0.05, 0) is 49.2 Å². The molecule has 1 aliphatic rings. The molecule has 0 unspecified atom stereocenters. The Morgan fingerprint density at radius 1 is 1.27 bits per heavy atom. The maximum absolute atomic E-state index is 13.1. The number of hydrogen-bond donors (Lipinski definition) is 3. The molecule has 0 atom stereocenters. The minimum Gasteiger partial charge on any atom is -0.479 e. The van der Waals surface area contributed by atoms with Gasteiger partial charge in [-0.3, -0.25) is 10.1 Å². The highest BCUT2D eigenvalue weighted by molar-refractivity contribution is 7.92. The van der Waals surface area contributed by atoms with Crippen molar-refractivity contribution in [2.75, 3.05) is 31.9 Å². The van der Waals surface area contributed by atoms with Crippen LogP contribution in [0.2, 0.25) is 0 Å². The molecule has 0 saturated carbocycles. The van der Waals surface area contributed by atoms with E-state index in [1.54, 1.807) is 38.1 Å². The number of nitrogens with one attached hydrogen (secondary N) is 3. The Kier molecular flexibility index (Phi) is 8.05. The van der Waals surface area contributed by atoms with Crippen LogP contribution >= 0.6 is 0 Å². The highest BCUT2D eigenvalue weighted by atomic mass is 32.2. The second-order valence-electron chi connectivity index (χ2n) is 8.17. The minimum absolute atomic E-state index is 0.109. The van der Waals surface area contributed by atoms with E-state index >= 15 is 0 Å². The zero-order valence-electron chi connectivity index (χ0n) is 18.7. The number of hydrogen-bond acceptors (Lipinski definition) is 8. The number of anilines is 1. The van der Waals surface area contributed by atoms with Crippen LogP contribution in [0.1, 0.15) is 35.5 Å². The van der Waals surface area contributed by atoms with Crippen molar-refractivity contribution in [1.82, 2.24) is 15.6 Å². The zero-order valence-corrected chi connectivity index (χ0v) is 19.5. The van der Waals surface area contributed by atoms with Gasteiger partial charge in [0.05, 0.1) is 30.0 Å². The molecule has 1 amide bonds. The lowest BCUT2D eigenvalue weighted by Crippen LogP contribution is -2.45. The Morgan fingerprint density at radius 3 is 2.82 bits per heavy atom. The van der Waals surface area contributed by atoms with Crippen molar-refractivity contribution < 1.29 is 22.7 Å². The molecule has 2 aromatic rings. The molecule has 0 saturated heterocycles. The molecular weight excluding hydrogens is 444 g/mol. The molecule has 0 fully saturated rings. The number of benzene rings is 1. The lowest BCUT2D eigenvalue weighted by molar-refractivity contribution is 0.101. The van der Waals surface area contributed by atoms with E-state index in [1.165, 1.54) is 12.3 Å². The molecular formula is C23H28N4O5S. The number of pyridine rings is 1. The van der Waals surface area contributed by atoms with E-state index in [2.05, 4.69) is 26.9 Å². The first kappa shape index (κ1) is 24.7. The van der Waals surface area contributed by atoms with Gasteiger partial charge in [-0.2, -0.15) is 0 Å². The van der Waals surface area contributed by atoms with Crippen molar-refractivity contribution in [3.8, 4) is 18.1 Å². The molecule has 176 valence electrons. The summed E-state index contributed by atoms with van der Waals surface area (Å²) in [6.07, 6.45) is 6.57. The molecule has 10 heteroatoms. The van der Waals surface area contributed by atoms with Crippen LogP contribution in [0, 0.1) is 12.3 Å². The molecule has 1 aliphatic heterocycles. The third-order valence-corrected chi connectivity index (χ3v) is 7.72. The van der Waals surface area contributed by atoms with Crippen LogP contribution in [0.4, 0.5) is 5.69 Å². The van der Waals surface area contributed by atoms with Crippen LogP contribution in [-0.2, 0) is 26.9 Å². The summed E-state index contributed by atoms with van der Waals surface area (Å²) in [5.74, 6) is 2.21. The summed E-state index contributed by atoms with van der Waals surface area (Å²) < 4.78 is 36.2. The molecule has 1 aromatic heterocycles. The van der Waals surface area contributed by atoms with Crippen molar-refractivity contribution in [3.05, 3.63) is 53.3 Å². The molecule has 2 heterocycles. The summed E-state index contributed by atoms with van der Waals surface area (Å²) in [6, 6.07) is 8.27. The summed E-state index contributed by atoms with van der Waals surface area (Å²) in [5, 5.41) is 8.92. The maximum atomic E-state index is 13.1. The Balaban J connectivity index is 1.82. The Morgan fingerprint density at radius 2 is 2.09 bits per heavy atom. The quantitative estimate of drug-likeness (QED) is 0.575. The number of rotatable bonds is 4. The summed E-state index contributed by atoms with van der Waals surface area (Å²) in [7, 11) is -3.51. The lowest BCUT2D eigenvalue weighted by atomic mass is 10.1. The largest absolute Gasteiger partial charge is 0.479 e. The highest BCUT2D eigenvalue weighted by Gasteiger charge is 2.34. The van der Waals surface area contributed by atoms with Crippen molar-refractivity contribution in [3.63, 3.8) is 0 Å². The van der Waals surface area contributed by atoms with Gasteiger partial charge in [0.2, 0.25) is 0 Å². The van der Waals surface area contributed by atoms with Crippen LogP contribution in [0.5, 0.6) is 5.75 Å². The van der Waals surface area contributed by atoms with Gasteiger partial charge in [0, 0.05) is 18.9 Å². The number of fused-ring (bicyclic) bond motifs is 1. The van der Waals surface area contributed by atoms with E-state index in [0.717, 1.165) is 5.56 Å². The fraction of sp³-hybridized carbons (Fsp3) is 0.391. The van der Waals surface area contributed by atoms with Crippen molar-refractivity contribution in [2.24, 2.45) is 0 Å². The number of aromatic nitrogens is 1. The Bertz CT molecular complexity index is 1120. The van der Waals surface area contributed by atoms with Gasteiger partial charge < -0.3 is 20.1 Å². The molecule has 0 radical (unpaired) electrons. The van der Waals surface area contributed by atoms with E-state index in [4.69, 9.17) is 15.9 Å². The first-order chi connectivity index (χ1) is 15.7. The average molecular weight is 473 g/mol. The second kappa shape index (κ2) is 10.8. The van der Waals surface area contributed by atoms with E-state index in [1.807, 2.05) is 0 Å². The number of amides is 1. The Hall–Kier alpha value is -2.97. The first-order valence-corrected chi connectivity index (χ1v) is 12.0. The van der Waals surface area contributed by atoms with E-state index in [9.17, 15) is 13.2 Å². The van der Waals surface area contributed by atoms with Crippen molar-refractivity contribution >= 4 is 21.4 Å². The number of terminal acetylenes is 1. The number of nitrogens with zero attached hydrogens (tertiary/aromatic N) is 1.